The number of nitrogens with zero attached hydrogens (tertiary/aromatic N) is 1. The summed E-state index contributed by atoms with van der Waals surface area (Å²) in [6, 6.07) is 13.0. The topological polar surface area (TPSA) is 36.1 Å². The van der Waals surface area contributed by atoms with Gasteiger partial charge in [0, 0.05) is 30.2 Å². The van der Waals surface area contributed by atoms with Crippen molar-refractivity contribution in [1.82, 2.24) is 9.88 Å². The number of aryl methyl sites for hydroxylation is 1. The number of para-hydroxylation sites is 1. The van der Waals surface area contributed by atoms with Crippen molar-refractivity contribution in [1.29, 1.82) is 0 Å². The second kappa shape index (κ2) is 6.86. The highest BCUT2D eigenvalue weighted by molar-refractivity contribution is 5.90. The zero-order valence-electron chi connectivity index (χ0n) is 14.5. The minimum absolute atomic E-state index is 0.0874. The number of aromatic nitrogens is 1. The molecule has 0 aliphatic rings. The third-order valence-corrected chi connectivity index (χ3v) is 4.51. The quantitative estimate of drug-likeness (QED) is 0.719. The number of hydrogen-bond donors (Lipinski definition) is 1. The summed E-state index contributed by atoms with van der Waals surface area (Å²) >= 11 is 0. The molecular formula is C20H19F3N2O. The predicted molar refractivity (Wildman–Crippen MR) is 94.7 cm³/mol. The molecule has 0 aliphatic heterocycles. The Bertz CT molecular complexity index is 944. The molecule has 1 N–H and O–H groups in total. The molecule has 0 bridgehead atoms. The molecule has 2 aromatic carbocycles. The van der Waals surface area contributed by atoms with Gasteiger partial charge in [-0.1, -0.05) is 36.4 Å². The van der Waals surface area contributed by atoms with Crippen LogP contribution in [0.4, 0.5) is 13.2 Å². The Morgan fingerprint density at radius 1 is 1.08 bits per heavy atom. The molecule has 0 atom stereocenters. The van der Waals surface area contributed by atoms with Crippen molar-refractivity contribution >= 4 is 16.8 Å². The highest BCUT2D eigenvalue weighted by atomic mass is 19.4. The van der Waals surface area contributed by atoms with Crippen LogP contribution in [0.3, 0.4) is 0 Å². The van der Waals surface area contributed by atoms with Crippen LogP contribution in [-0.4, -0.2) is 22.8 Å². The molecule has 0 unspecified atom stereocenters. The van der Waals surface area contributed by atoms with E-state index in [1.165, 1.54) is 24.1 Å². The van der Waals surface area contributed by atoms with Crippen LogP contribution in [0, 0.1) is 6.92 Å². The molecular weight excluding hydrogens is 341 g/mol. The van der Waals surface area contributed by atoms with E-state index in [-0.39, 0.29) is 24.4 Å². The van der Waals surface area contributed by atoms with E-state index >= 15 is 0 Å². The van der Waals surface area contributed by atoms with E-state index < -0.39 is 11.7 Å². The van der Waals surface area contributed by atoms with E-state index in [1.54, 1.807) is 6.07 Å². The number of carbonyl (C=O) groups excluding carboxylic acids is 1. The van der Waals surface area contributed by atoms with Crippen LogP contribution in [0.25, 0.3) is 10.9 Å². The highest BCUT2D eigenvalue weighted by Crippen LogP contribution is 2.32. The van der Waals surface area contributed by atoms with E-state index in [9.17, 15) is 18.0 Å². The summed E-state index contributed by atoms with van der Waals surface area (Å²) in [6.45, 7) is 1.80. The third kappa shape index (κ3) is 3.59. The van der Waals surface area contributed by atoms with Crippen LogP contribution in [0.5, 0.6) is 0 Å². The first-order chi connectivity index (χ1) is 12.3. The van der Waals surface area contributed by atoms with Gasteiger partial charge in [0.15, 0.2) is 0 Å². The lowest BCUT2D eigenvalue weighted by Crippen LogP contribution is -2.29. The molecule has 3 rings (SSSR count). The van der Waals surface area contributed by atoms with E-state index in [4.69, 9.17) is 0 Å². The van der Waals surface area contributed by atoms with Gasteiger partial charge in [-0.05, 0) is 30.2 Å². The average molecular weight is 360 g/mol. The molecule has 0 spiro atoms. The minimum atomic E-state index is -4.44. The molecule has 0 saturated carbocycles. The molecule has 6 heteroatoms. The summed E-state index contributed by atoms with van der Waals surface area (Å²) in [6.07, 6.45) is -4.30. The maximum atomic E-state index is 13.1. The van der Waals surface area contributed by atoms with Crippen molar-refractivity contribution in [2.45, 2.75) is 26.1 Å². The summed E-state index contributed by atoms with van der Waals surface area (Å²) in [7, 11) is 1.53. The van der Waals surface area contributed by atoms with Gasteiger partial charge < -0.3 is 9.88 Å². The van der Waals surface area contributed by atoms with Gasteiger partial charge in [-0.25, -0.2) is 0 Å². The molecule has 3 nitrogen and oxygen atoms in total. The molecule has 0 saturated heterocycles. The van der Waals surface area contributed by atoms with Gasteiger partial charge in [-0.15, -0.1) is 0 Å². The standard InChI is InChI=1S/C20H19F3N2O/c1-13-16(15-8-4-6-10-18(15)24-13)11-19(26)25(2)12-14-7-3-5-9-17(14)20(21,22)23/h3-10,24H,11-12H2,1-2H3. The number of nitrogens with one attached hydrogen (secondary N) is 1. The number of hydrogen-bond acceptors (Lipinski definition) is 1. The van der Waals surface area contributed by atoms with Crippen LogP contribution >= 0.6 is 0 Å². The van der Waals surface area contributed by atoms with E-state index in [2.05, 4.69) is 4.98 Å². The molecule has 1 amide bonds. The molecule has 1 heterocycles. The average Bonchev–Trinajstić information content (AvgIpc) is 2.90. The van der Waals surface area contributed by atoms with Crippen LogP contribution in [-0.2, 0) is 23.9 Å². The highest BCUT2D eigenvalue weighted by Gasteiger charge is 2.33. The van der Waals surface area contributed by atoms with Crippen LogP contribution < -0.4 is 0 Å². The normalized spacial score (nSPS) is 11.7. The fraction of sp³-hybridized carbons (Fsp3) is 0.250. The molecule has 136 valence electrons. The number of H-pyrrole nitrogens is 1. The Labute approximate surface area is 149 Å². The number of fused-ring (bicyclic) bond motifs is 1. The minimum Gasteiger partial charge on any atom is -0.358 e. The van der Waals surface area contributed by atoms with Crippen molar-refractivity contribution in [3.05, 3.63) is 70.9 Å². The molecule has 0 radical (unpaired) electrons. The van der Waals surface area contributed by atoms with Crippen molar-refractivity contribution in [3.8, 4) is 0 Å². The van der Waals surface area contributed by atoms with E-state index in [0.29, 0.717) is 0 Å². The monoisotopic (exact) mass is 360 g/mol. The first-order valence-electron chi connectivity index (χ1n) is 8.22. The number of halogens is 3. The smallest absolute Gasteiger partial charge is 0.358 e. The van der Waals surface area contributed by atoms with Crippen molar-refractivity contribution in [2.75, 3.05) is 7.05 Å². The van der Waals surface area contributed by atoms with Crippen LogP contribution in [0.15, 0.2) is 48.5 Å². The number of aromatic amines is 1. The van der Waals surface area contributed by atoms with Crippen molar-refractivity contribution < 1.29 is 18.0 Å². The molecule has 3 aromatic rings. The lowest BCUT2D eigenvalue weighted by Gasteiger charge is -2.20. The summed E-state index contributed by atoms with van der Waals surface area (Å²) in [5.41, 5.74) is 2.09. The van der Waals surface area contributed by atoms with Crippen molar-refractivity contribution in [3.63, 3.8) is 0 Å². The lowest BCUT2D eigenvalue weighted by atomic mass is 10.1. The van der Waals surface area contributed by atoms with Crippen LogP contribution in [0.1, 0.15) is 22.4 Å². The van der Waals surface area contributed by atoms with Gasteiger partial charge in [0.1, 0.15) is 0 Å². The Balaban J connectivity index is 1.80. The maximum absolute atomic E-state index is 13.1. The largest absolute Gasteiger partial charge is 0.416 e. The second-order valence-corrected chi connectivity index (χ2v) is 6.36. The van der Waals surface area contributed by atoms with Gasteiger partial charge >= 0.3 is 6.18 Å². The molecule has 1 aromatic heterocycles. The first-order valence-corrected chi connectivity index (χ1v) is 8.22. The number of likely N-dealkylation sites (N-methyl/N-ethyl adjacent to an activating group) is 1. The number of alkyl halides is 3. The maximum Gasteiger partial charge on any atom is 0.416 e. The molecule has 0 aliphatic carbocycles. The predicted octanol–water partition coefficient (Wildman–Crippen LogP) is 4.70. The zero-order valence-corrected chi connectivity index (χ0v) is 14.5. The lowest BCUT2D eigenvalue weighted by molar-refractivity contribution is -0.139. The molecule has 26 heavy (non-hydrogen) atoms. The summed E-state index contributed by atoms with van der Waals surface area (Å²) in [5.74, 6) is -0.227. The van der Waals surface area contributed by atoms with E-state index in [1.807, 2.05) is 31.2 Å². The zero-order chi connectivity index (χ0) is 18.9. The fourth-order valence-electron chi connectivity index (χ4n) is 3.13. The van der Waals surface area contributed by atoms with Crippen LogP contribution in [0.2, 0.25) is 0 Å². The van der Waals surface area contributed by atoms with Gasteiger partial charge in [-0.3, -0.25) is 4.79 Å². The number of rotatable bonds is 4. The summed E-state index contributed by atoms with van der Waals surface area (Å²) in [4.78, 5) is 17.2. The van der Waals surface area contributed by atoms with Gasteiger partial charge in [0.2, 0.25) is 5.91 Å². The SMILES string of the molecule is Cc1[nH]c2ccccc2c1CC(=O)N(C)Cc1ccccc1C(F)(F)F. The van der Waals surface area contributed by atoms with Gasteiger partial charge in [0.25, 0.3) is 0 Å². The number of carbonyl (C=O) groups is 1. The summed E-state index contributed by atoms with van der Waals surface area (Å²) in [5, 5.41) is 0.961. The Morgan fingerprint density at radius 3 is 2.46 bits per heavy atom. The first kappa shape index (κ1) is 18.0. The van der Waals surface area contributed by atoms with Crippen molar-refractivity contribution in [2.24, 2.45) is 0 Å². The van der Waals surface area contributed by atoms with E-state index in [0.717, 1.165) is 28.2 Å². The summed E-state index contributed by atoms with van der Waals surface area (Å²) < 4.78 is 39.4. The second-order valence-electron chi connectivity index (χ2n) is 6.36. The number of amides is 1. The Hall–Kier alpha value is -2.76. The Kier molecular flexibility index (Phi) is 4.76. The van der Waals surface area contributed by atoms with Gasteiger partial charge in [0.05, 0.1) is 12.0 Å². The third-order valence-electron chi connectivity index (χ3n) is 4.51. The molecule has 0 fully saturated rings. The Morgan fingerprint density at radius 2 is 1.73 bits per heavy atom. The fourth-order valence-corrected chi connectivity index (χ4v) is 3.13. The van der Waals surface area contributed by atoms with Gasteiger partial charge in [-0.2, -0.15) is 13.2 Å². The number of benzene rings is 2.